The van der Waals surface area contributed by atoms with Crippen molar-refractivity contribution in [3.05, 3.63) is 0 Å². The maximum Gasteiger partial charge on any atom is -0.0443 e. The number of hydrogen-bond acceptors (Lipinski definition) is 0. The van der Waals surface area contributed by atoms with Crippen LogP contribution in [-0.2, 0) is 0 Å². The topological polar surface area (TPSA) is 0 Å². The molecule has 0 radical (unpaired) electrons. The Morgan fingerprint density at radius 2 is 0.621 bits per heavy atom. The van der Waals surface area contributed by atoms with Crippen molar-refractivity contribution in [2.75, 3.05) is 0 Å². The van der Waals surface area contributed by atoms with Crippen LogP contribution >= 0.6 is 0 Å². The molecule has 2 atom stereocenters. The minimum absolute atomic E-state index is 0.948. The first-order valence-electron chi connectivity index (χ1n) is 14.2. The maximum atomic E-state index is 2.45. The molecule has 0 aliphatic heterocycles. The molecule has 0 aromatic rings. The highest BCUT2D eigenvalue weighted by atomic mass is 14.1. The molecule has 0 bridgehead atoms. The van der Waals surface area contributed by atoms with E-state index in [0.29, 0.717) is 0 Å². The molecule has 0 spiro atoms. The first kappa shape index (κ1) is 29.0. The van der Waals surface area contributed by atoms with Gasteiger partial charge in [0.1, 0.15) is 0 Å². The highest BCUT2D eigenvalue weighted by molar-refractivity contribution is 4.55. The van der Waals surface area contributed by atoms with Gasteiger partial charge in [0.25, 0.3) is 0 Å². The largest absolute Gasteiger partial charge is 0.0654 e. The number of unbranched alkanes of at least 4 members (excludes halogenated alkanes) is 17. The lowest BCUT2D eigenvalue weighted by molar-refractivity contribution is 0.440. The zero-order chi connectivity index (χ0) is 21.4. The van der Waals surface area contributed by atoms with Gasteiger partial charge < -0.3 is 0 Å². The molecule has 0 saturated heterocycles. The van der Waals surface area contributed by atoms with E-state index in [-0.39, 0.29) is 0 Å². The summed E-state index contributed by atoms with van der Waals surface area (Å²) in [5.41, 5.74) is 0. The second-order valence-electron chi connectivity index (χ2n) is 10.3. The van der Waals surface area contributed by atoms with Crippen molar-refractivity contribution in [1.82, 2.24) is 0 Å². The fourth-order valence-electron chi connectivity index (χ4n) is 4.54. The van der Waals surface area contributed by atoms with Crippen LogP contribution in [0.3, 0.4) is 0 Å². The molecular formula is C29H60. The first-order chi connectivity index (χ1) is 14.2. The second kappa shape index (κ2) is 24.3. The van der Waals surface area contributed by atoms with Crippen molar-refractivity contribution >= 4 is 0 Å². The molecule has 0 aromatic carbocycles. The highest BCUT2D eigenvalue weighted by Gasteiger charge is 2.01. The van der Waals surface area contributed by atoms with E-state index >= 15 is 0 Å². The van der Waals surface area contributed by atoms with Gasteiger partial charge in [0.2, 0.25) is 0 Å². The van der Waals surface area contributed by atoms with Crippen molar-refractivity contribution in [3.63, 3.8) is 0 Å². The van der Waals surface area contributed by atoms with E-state index in [0.717, 1.165) is 11.8 Å². The zero-order valence-electron chi connectivity index (χ0n) is 21.4. The fourth-order valence-corrected chi connectivity index (χ4v) is 4.54. The Labute approximate surface area is 187 Å². The molecule has 0 saturated carbocycles. The van der Waals surface area contributed by atoms with E-state index in [4.69, 9.17) is 0 Å². The van der Waals surface area contributed by atoms with E-state index in [9.17, 15) is 0 Å². The molecule has 0 aromatic heterocycles. The fraction of sp³-hybridized carbons (Fsp3) is 1.00. The monoisotopic (exact) mass is 408 g/mol. The summed E-state index contributed by atoms with van der Waals surface area (Å²) in [5.74, 6) is 1.92. The molecule has 2 unspecified atom stereocenters. The molecule has 0 amide bonds. The Balaban J connectivity index is 3.07. The van der Waals surface area contributed by atoms with E-state index < -0.39 is 0 Å². The van der Waals surface area contributed by atoms with E-state index in [1.54, 1.807) is 0 Å². The van der Waals surface area contributed by atoms with Gasteiger partial charge in [0.05, 0.1) is 0 Å². The molecule has 29 heavy (non-hydrogen) atoms. The third-order valence-electron chi connectivity index (χ3n) is 7.14. The van der Waals surface area contributed by atoms with Crippen LogP contribution < -0.4 is 0 Å². The van der Waals surface area contributed by atoms with Gasteiger partial charge in [0, 0.05) is 0 Å². The molecule has 0 aliphatic rings. The van der Waals surface area contributed by atoms with Crippen LogP contribution in [-0.4, -0.2) is 0 Å². The van der Waals surface area contributed by atoms with Gasteiger partial charge in [-0.15, -0.1) is 0 Å². The lowest BCUT2D eigenvalue weighted by atomic mass is 9.97. The SMILES string of the molecule is CCCCC(C)CCCCCCCCCCCCCCCCCCCC(C)CC. The van der Waals surface area contributed by atoms with Gasteiger partial charge in [-0.3, -0.25) is 0 Å². The van der Waals surface area contributed by atoms with Crippen LogP contribution in [0.15, 0.2) is 0 Å². The molecule has 176 valence electrons. The Morgan fingerprint density at radius 3 is 0.931 bits per heavy atom. The van der Waals surface area contributed by atoms with Crippen LogP contribution in [0.1, 0.15) is 175 Å². The van der Waals surface area contributed by atoms with Crippen LogP contribution in [0, 0.1) is 11.8 Å². The maximum absolute atomic E-state index is 2.45. The molecule has 0 N–H and O–H groups in total. The highest BCUT2D eigenvalue weighted by Crippen LogP contribution is 2.18. The van der Waals surface area contributed by atoms with E-state index in [2.05, 4.69) is 27.7 Å². The van der Waals surface area contributed by atoms with Crippen LogP contribution in [0.25, 0.3) is 0 Å². The van der Waals surface area contributed by atoms with Gasteiger partial charge in [0.15, 0.2) is 0 Å². The summed E-state index contributed by atoms with van der Waals surface area (Å²) in [6.45, 7) is 9.48. The van der Waals surface area contributed by atoms with Crippen molar-refractivity contribution in [2.24, 2.45) is 11.8 Å². The third kappa shape index (κ3) is 24.1. The lowest BCUT2D eigenvalue weighted by Crippen LogP contribution is -1.94. The third-order valence-corrected chi connectivity index (χ3v) is 7.14. The first-order valence-corrected chi connectivity index (χ1v) is 14.2. The predicted octanol–water partition coefficient (Wildman–Crippen LogP) is 11.3. The summed E-state index contributed by atoms with van der Waals surface area (Å²) in [7, 11) is 0. The van der Waals surface area contributed by atoms with Crippen LogP contribution in [0.4, 0.5) is 0 Å². The Hall–Kier alpha value is 0. The van der Waals surface area contributed by atoms with E-state index in [1.807, 2.05) is 0 Å². The molecule has 0 rings (SSSR count). The smallest absolute Gasteiger partial charge is 0.0443 e. The average molecular weight is 409 g/mol. The Bertz CT molecular complexity index is 282. The van der Waals surface area contributed by atoms with Crippen LogP contribution in [0.2, 0.25) is 0 Å². The second-order valence-corrected chi connectivity index (χ2v) is 10.3. The summed E-state index contributed by atoms with van der Waals surface area (Å²) in [6, 6.07) is 0. The lowest BCUT2D eigenvalue weighted by Gasteiger charge is -2.10. The summed E-state index contributed by atoms with van der Waals surface area (Å²) in [4.78, 5) is 0. The standard InChI is InChI=1S/C29H60/c1-5-7-25-29(4)27-24-22-20-18-16-14-12-10-8-9-11-13-15-17-19-21-23-26-28(3)6-2/h28-29H,5-27H2,1-4H3. The van der Waals surface area contributed by atoms with Gasteiger partial charge >= 0.3 is 0 Å². The number of rotatable bonds is 24. The van der Waals surface area contributed by atoms with Crippen LogP contribution in [0.5, 0.6) is 0 Å². The molecule has 0 nitrogen and oxygen atoms in total. The molecule has 0 aliphatic carbocycles. The minimum atomic E-state index is 0.948. The van der Waals surface area contributed by atoms with Crippen molar-refractivity contribution in [1.29, 1.82) is 0 Å². The van der Waals surface area contributed by atoms with Gasteiger partial charge in [-0.1, -0.05) is 175 Å². The van der Waals surface area contributed by atoms with Crippen molar-refractivity contribution in [3.8, 4) is 0 Å². The predicted molar refractivity (Wildman–Crippen MR) is 136 cm³/mol. The van der Waals surface area contributed by atoms with E-state index in [1.165, 1.54) is 148 Å². The molecular weight excluding hydrogens is 348 g/mol. The Morgan fingerprint density at radius 1 is 0.345 bits per heavy atom. The summed E-state index contributed by atoms with van der Waals surface area (Å²) in [6.07, 6.45) is 33.8. The van der Waals surface area contributed by atoms with Gasteiger partial charge in [-0.05, 0) is 11.8 Å². The summed E-state index contributed by atoms with van der Waals surface area (Å²) >= 11 is 0. The summed E-state index contributed by atoms with van der Waals surface area (Å²) < 4.78 is 0. The normalized spacial score (nSPS) is 13.7. The van der Waals surface area contributed by atoms with Crippen molar-refractivity contribution in [2.45, 2.75) is 175 Å². The van der Waals surface area contributed by atoms with Gasteiger partial charge in [-0.25, -0.2) is 0 Å². The zero-order valence-corrected chi connectivity index (χ0v) is 21.4. The van der Waals surface area contributed by atoms with Gasteiger partial charge in [-0.2, -0.15) is 0 Å². The molecule has 0 fully saturated rings. The summed E-state index contributed by atoms with van der Waals surface area (Å²) in [5, 5.41) is 0. The number of hydrogen-bond donors (Lipinski definition) is 0. The minimum Gasteiger partial charge on any atom is -0.0654 e. The molecule has 0 heteroatoms. The van der Waals surface area contributed by atoms with Crippen molar-refractivity contribution < 1.29 is 0 Å². The molecule has 0 heterocycles. The quantitative estimate of drug-likeness (QED) is 0.139. The Kier molecular flexibility index (Phi) is 24.3. The average Bonchev–Trinajstić information content (AvgIpc) is 2.73.